The average Bonchev–Trinajstić information content (AvgIpc) is 3.42. The Hall–Kier alpha value is -3.15. The summed E-state index contributed by atoms with van der Waals surface area (Å²) in [5.41, 5.74) is 2.46. The van der Waals surface area contributed by atoms with Gasteiger partial charge in [0, 0.05) is 31.2 Å². The number of guanidine groups is 1. The molecule has 0 saturated carbocycles. The number of likely N-dealkylation sites (tertiary alicyclic amines) is 1. The van der Waals surface area contributed by atoms with Gasteiger partial charge in [-0.25, -0.2) is 4.99 Å². The largest absolute Gasteiger partial charge is 0.357 e. The molecule has 1 N–H and O–H groups in total. The predicted octanol–water partition coefficient (Wildman–Crippen LogP) is 3.22. The first-order chi connectivity index (χ1) is 13.8. The maximum atomic E-state index is 4.86. The number of rotatable bonds is 5. The molecule has 1 aliphatic heterocycles. The summed E-state index contributed by atoms with van der Waals surface area (Å²) in [4.78, 5) is 7.21. The molecule has 1 aliphatic rings. The van der Waals surface area contributed by atoms with Gasteiger partial charge in [-0.05, 0) is 31.0 Å². The fraction of sp³-hybridized carbons (Fsp3) is 0.318. The van der Waals surface area contributed by atoms with Gasteiger partial charge in [0.1, 0.15) is 12.9 Å². The van der Waals surface area contributed by atoms with Crippen molar-refractivity contribution in [2.75, 3.05) is 19.6 Å². The fourth-order valence-corrected chi connectivity index (χ4v) is 3.69. The zero-order valence-electron chi connectivity index (χ0n) is 16.2. The Morgan fingerprint density at radius 2 is 1.86 bits per heavy atom. The van der Waals surface area contributed by atoms with Crippen LogP contribution in [0, 0.1) is 0 Å². The van der Waals surface area contributed by atoms with Crippen LogP contribution < -0.4 is 5.32 Å². The smallest absolute Gasteiger partial charge is 0.194 e. The van der Waals surface area contributed by atoms with Crippen molar-refractivity contribution in [1.29, 1.82) is 0 Å². The number of hydrogen-bond donors (Lipinski definition) is 1. The number of nitrogens with one attached hydrogen (secondary N) is 1. The van der Waals surface area contributed by atoms with Gasteiger partial charge in [0.25, 0.3) is 0 Å². The number of para-hydroxylation sites is 1. The summed E-state index contributed by atoms with van der Waals surface area (Å²) in [7, 11) is 0. The molecule has 0 spiro atoms. The highest BCUT2D eigenvalue weighted by molar-refractivity contribution is 5.80. The molecule has 1 unspecified atom stereocenters. The second-order valence-electron chi connectivity index (χ2n) is 6.97. The zero-order valence-corrected chi connectivity index (χ0v) is 16.2. The minimum Gasteiger partial charge on any atom is -0.357 e. The predicted molar refractivity (Wildman–Crippen MR) is 112 cm³/mol. The van der Waals surface area contributed by atoms with E-state index in [1.165, 1.54) is 5.56 Å². The van der Waals surface area contributed by atoms with Gasteiger partial charge in [0.2, 0.25) is 0 Å². The summed E-state index contributed by atoms with van der Waals surface area (Å²) in [5.74, 6) is 2.34. The van der Waals surface area contributed by atoms with Crippen LogP contribution in [-0.2, 0) is 6.54 Å². The third-order valence-electron chi connectivity index (χ3n) is 5.12. The third kappa shape index (κ3) is 4.06. The van der Waals surface area contributed by atoms with Gasteiger partial charge in [-0.1, -0.05) is 48.5 Å². The Labute approximate surface area is 165 Å². The Morgan fingerprint density at radius 3 is 2.61 bits per heavy atom. The number of aromatic nitrogens is 3. The molecule has 0 aliphatic carbocycles. The highest BCUT2D eigenvalue weighted by atomic mass is 15.3. The standard InChI is InChI=1S/C22H26N6/c1-2-23-22(27-14-13-19(16-27)18-9-5-3-6-10-18)24-15-21-26-25-17-28(21)20-11-7-4-8-12-20/h3-12,17,19H,2,13-16H2,1H3,(H,23,24). The molecule has 28 heavy (non-hydrogen) atoms. The lowest BCUT2D eigenvalue weighted by Crippen LogP contribution is -2.40. The summed E-state index contributed by atoms with van der Waals surface area (Å²) >= 11 is 0. The summed E-state index contributed by atoms with van der Waals surface area (Å²) in [5, 5.41) is 11.8. The van der Waals surface area contributed by atoms with Gasteiger partial charge >= 0.3 is 0 Å². The lowest BCUT2D eigenvalue weighted by molar-refractivity contribution is 0.485. The second-order valence-corrected chi connectivity index (χ2v) is 6.97. The summed E-state index contributed by atoms with van der Waals surface area (Å²) < 4.78 is 1.99. The number of benzene rings is 2. The van der Waals surface area contributed by atoms with E-state index in [1.54, 1.807) is 6.33 Å². The van der Waals surface area contributed by atoms with Crippen molar-refractivity contribution in [3.63, 3.8) is 0 Å². The lowest BCUT2D eigenvalue weighted by atomic mass is 9.99. The Balaban J connectivity index is 1.49. The quantitative estimate of drug-likeness (QED) is 0.550. The monoisotopic (exact) mass is 374 g/mol. The van der Waals surface area contributed by atoms with Crippen molar-refractivity contribution in [3.05, 3.63) is 78.4 Å². The van der Waals surface area contributed by atoms with Crippen molar-refractivity contribution >= 4 is 5.96 Å². The highest BCUT2D eigenvalue weighted by Gasteiger charge is 2.26. The van der Waals surface area contributed by atoms with Gasteiger partial charge in [0.05, 0.1) is 0 Å². The second kappa shape index (κ2) is 8.69. The molecule has 0 amide bonds. The van der Waals surface area contributed by atoms with Crippen molar-refractivity contribution in [3.8, 4) is 5.69 Å². The number of aliphatic imine (C=N–C) groups is 1. The van der Waals surface area contributed by atoms with Crippen LogP contribution in [0.25, 0.3) is 5.69 Å². The molecule has 1 saturated heterocycles. The molecule has 4 rings (SSSR count). The maximum Gasteiger partial charge on any atom is 0.194 e. The molecule has 3 aromatic rings. The van der Waals surface area contributed by atoms with Crippen molar-refractivity contribution in [2.45, 2.75) is 25.8 Å². The Morgan fingerprint density at radius 1 is 1.11 bits per heavy atom. The van der Waals surface area contributed by atoms with E-state index >= 15 is 0 Å². The topological polar surface area (TPSA) is 58.3 Å². The molecule has 1 atom stereocenters. The molecule has 2 aromatic carbocycles. The first kappa shape index (κ1) is 18.2. The number of hydrogen-bond acceptors (Lipinski definition) is 3. The number of nitrogens with zero attached hydrogens (tertiary/aromatic N) is 5. The zero-order chi connectivity index (χ0) is 19.2. The molecule has 0 bridgehead atoms. The van der Waals surface area contributed by atoms with E-state index in [-0.39, 0.29) is 0 Å². The van der Waals surface area contributed by atoms with Gasteiger partial charge in [0.15, 0.2) is 11.8 Å². The van der Waals surface area contributed by atoms with Crippen LogP contribution in [0.4, 0.5) is 0 Å². The van der Waals surface area contributed by atoms with Crippen LogP contribution in [0.15, 0.2) is 72.0 Å². The minimum atomic E-state index is 0.490. The maximum absolute atomic E-state index is 4.86. The summed E-state index contributed by atoms with van der Waals surface area (Å²) in [6.45, 7) is 5.44. The molecule has 2 heterocycles. The molecular formula is C22H26N6. The van der Waals surface area contributed by atoms with Crippen LogP contribution in [0.1, 0.15) is 30.7 Å². The Kier molecular flexibility index (Phi) is 5.66. The van der Waals surface area contributed by atoms with Crippen molar-refractivity contribution in [1.82, 2.24) is 25.0 Å². The van der Waals surface area contributed by atoms with Crippen molar-refractivity contribution < 1.29 is 0 Å². The fourth-order valence-electron chi connectivity index (χ4n) is 3.69. The first-order valence-electron chi connectivity index (χ1n) is 9.87. The van der Waals surface area contributed by atoms with Crippen LogP contribution in [0.3, 0.4) is 0 Å². The Bertz CT molecular complexity index is 903. The molecule has 1 aromatic heterocycles. The molecule has 144 valence electrons. The molecule has 6 heteroatoms. The lowest BCUT2D eigenvalue weighted by Gasteiger charge is -2.21. The van der Waals surface area contributed by atoms with E-state index in [0.717, 1.165) is 43.5 Å². The van der Waals surface area contributed by atoms with Gasteiger partial charge in [-0.3, -0.25) is 4.57 Å². The van der Waals surface area contributed by atoms with E-state index in [1.807, 2.05) is 34.9 Å². The van der Waals surface area contributed by atoms with Crippen LogP contribution in [0.2, 0.25) is 0 Å². The molecule has 1 fully saturated rings. The van der Waals surface area contributed by atoms with E-state index in [0.29, 0.717) is 12.5 Å². The van der Waals surface area contributed by atoms with Crippen LogP contribution >= 0.6 is 0 Å². The summed E-state index contributed by atoms with van der Waals surface area (Å²) in [6.07, 6.45) is 2.89. The van der Waals surface area contributed by atoms with Gasteiger partial charge in [-0.15, -0.1) is 10.2 Å². The normalized spacial score (nSPS) is 17.1. The third-order valence-corrected chi connectivity index (χ3v) is 5.12. The van der Waals surface area contributed by atoms with Crippen LogP contribution in [0.5, 0.6) is 0 Å². The average molecular weight is 374 g/mol. The molecular weight excluding hydrogens is 348 g/mol. The van der Waals surface area contributed by atoms with Crippen LogP contribution in [-0.4, -0.2) is 45.3 Å². The first-order valence-corrected chi connectivity index (χ1v) is 9.87. The van der Waals surface area contributed by atoms with E-state index in [9.17, 15) is 0 Å². The van der Waals surface area contributed by atoms with Gasteiger partial charge < -0.3 is 10.2 Å². The van der Waals surface area contributed by atoms with Gasteiger partial charge in [-0.2, -0.15) is 0 Å². The molecule has 6 nitrogen and oxygen atoms in total. The van der Waals surface area contributed by atoms with E-state index in [2.05, 4.69) is 57.7 Å². The highest BCUT2D eigenvalue weighted by Crippen LogP contribution is 2.27. The van der Waals surface area contributed by atoms with E-state index < -0.39 is 0 Å². The summed E-state index contributed by atoms with van der Waals surface area (Å²) in [6, 6.07) is 20.9. The van der Waals surface area contributed by atoms with Crippen molar-refractivity contribution in [2.24, 2.45) is 4.99 Å². The minimum absolute atomic E-state index is 0.490. The molecule has 0 radical (unpaired) electrons. The SMILES string of the molecule is CCNC(=NCc1nncn1-c1ccccc1)N1CCC(c2ccccc2)C1. The van der Waals surface area contributed by atoms with E-state index in [4.69, 9.17) is 4.99 Å².